The highest BCUT2D eigenvalue weighted by Gasteiger charge is 2.09. The molecule has 0 aliphatic rings. The van der Waals surface area contributed by atoms with Crippen LogP contribution >= 0.6 is 0 Å². The first-order valence-corrected chi connectivity index (χ1v) is 10.6. The maximum Gasteiger partial charge on any atom is 0.255 e. The summed E-state index contributed by atoms with van der Waals surface area (Å²) < 4.78 is 12.9. The molecule has 1 atom stereocenters. The Balaban J connectivity index is 1.59. The average molecular weight is 420 g/mol. The molecule has 0 aromatic heterocycles. The van der Waals surface area contributed by atoms with E-state index < -0.39 is 6.67 Å². The Morgan fingerprint density at radius 1 is 0.935 bits per heavy atom. The van der Waals surface area contributed by atoms with Gasteiger partial charge < -0.3 is 15.5 Å². The number of carbonyl (C=O) groups is 1. The van der Waals surface area contributed by atoms with Crippen molar-refractivity contribution in [2.24, 2.45) is 0 Å². The van der Waals surface area contributed by atoms with Crippen molar-refractivity contribution in [1.29, 1.82) is 0 Å². The third kappa shape index (κ3) is 6.15. The molecule has 1 unspecified atom stereocenters. The predicted octanol–water partition coefficient (Wildman–Crippen LogP) is 5.83. The summed E-state index contributed by atoms with van der Waals surface area (Å²) in [4.78, 5) is 14.8. The van der Waals surface area contributed by atoms with Gasteiger partial charge in [-0.15, -0.1) is 0 Å². The van der Waals surface area contributed by atoms with Gasteiger partial charge in [0.25, 0.3) is 5.91 Å². The van der Waals surface area contributed by atoms with Crippen molar-refractivity contribution >= 4 is 17.3 Å². The van der Waals surface area contributed by atoms with E-state index in [1.54, 1.807) is 18.2 Å². The van der Waals surface area contributed by atoms with E-state index in [0.717, 1.165) is 35.5 Å². The number of benzene rings is 3. The largest absolute Gasteiger partial charge is 0.383 e. The monoisotopic (exact) mass is 419 g/mol. The van der Waals surface area contributed by atoms with Crippen molar-refractivity contribution in [3.8, 4) is 11.1 Å². The van der Waals surface area contributed by atoms with E-state index in [-0.39, 0.29) is 5.91 Å². The molecular weight excluding hydrogens is 389 g/mol. The van der Waals surface area contributed by atoms with Crippen LogP contribution in [0.5, 0.6) is 0 Å². The zero-order valence-electron chi connectivity index (χ0n) is 18.4. The lowest BCUT2D eigenvalue weighted by molar-refractivity contribution is 0.102. The Hall–Kier alpha value is -3.18. The van der Waals surface area contributed by atoms with Crippen molar-refractivity contribution < 1.29 is 9.18 Å². The second-order valence-corrected chi connectivity index (χ2v) is 7.85. The first-order chi connectivity index (χ1) is 15.0. The molecule has 3 rings (SSSR count). The second kappa shape index (κ2) is 10.7. The number of halogens is 1. The van der Waals surface area contributed by atoms with Gasteiger partial charge in [-0.25, -0.2) is 4.39 Å². The fraction of sp³-hybridized carbons (Fsp3) is 0.269. The fourth-order valence-electron chi connectivity index (χ4n) is 3.45. The molecule has 4 nitrogen and oxygen atoms in total. The first kappa shape index (κ1) is 22.5. The summed E-state index contributed by atoms with van der Waals surface area (Å²) in [6.07, 6.45) is 1.08. The van der Waals surface area contributed by atoms with Gasteiger partial charge in [0.2, 0.25) is 0 Å². The molecule has 162 valence electrons. The second-order valence-electron chi connectivity index (χ2n) is 7.85. The van der Waals surface area contributed by atoms with E-state index in [2.05, 4.69) is 36.6 Å². The minimum atomic E-state index is -0.489. The quantitative estimate of drug-likeness (QED) is 0.459. The highest BCUT2D eigenvalue weighted by atomic mass is 19.1. The molecule has 0 fully saturated rings. The minimum Gasteiger partial charge on any atom is -0.383 e. The van der Waals surface area contributed by atoms with E-state index in [9.17, 15) is 9.18 Å². The smallest absolute Gasteiger partial charge is 0.255 e. The molecule has 0 saturated carbocycles. The summed E-state index contributed by atoms with van der Waals surface area (Å²) >= 11 is 0. The van der Waals surface area contributed by atoms with Crippen molar-refractivity contribution in [3.63, 3.8) is 0 Å². The molecule has 31 heavy (non-hydrogen) atoms. The van der Waals surface area contributed by atoms with Crippen molar-refractivity contribution in [2.75, 3.05) is 31.3 Å². The fourth-order valence-corrected chi connectivity index (χ4v) is 3.45. The van der Waals surface area contributed by atoms with Crippen molar-refractivity contribution in [1.82, 2.24) is 4.90 Å². The summed E-state index contributed by atoms with van der Waals surface area (Å²) in [6, 6.07) is 22.9. The highest BCUT2D eigenvalue weighted by molar-refractivity contribution is 6.04. The van der Waals surface area contributed by atoms with Crippen LogP contribution in [0.4, 0.5) is 15.8 Å². The summed E-state index contributed by atoms with van der Waals surface area (Å²) in [5.74, 6) is -0.163. The number of alkyl halides is 1. The van der Waals surface area contributed by atoms with Crippen LogP contribution in [0.15, 0.2) is 72.8 Å². The molecule has 0 aliphatic heterocycles. The Morgan fingerprint density at radius 3 is 2.23 bits per heavy atom. The van der Waals surface area contributed by atoms with Crippen LogP contribution in [0.2, 0.25) is 0 Å². The lowest BCUT2D eigenvalue weighted by Gasteiger charge is -2.23. The average Bonchev–Trinajstić information content (AvgIpc) is 2.80. The van der Waals surface area contributed by atoms with Gasteiger partial charge in [-0.3, -0.25) is 4.79 Å². The van der Waals surface area contributed by atoms with Gasteiger partial charge in [-0.2, -0.15) is 0 Å². The highest BCUT2D eigenvalue weighted by Crippen LogP contribution is 2.22. The lowest BCUT2D eigenvalue weighted by Crippen LogP contribution is -2.33. The van der Waals surface area contributed by atoms with Crippen LogP contribution in [-0.4, -0.2) is 37.5 Å². The van der Waals surface area contributed by atoms with Gasteiger partial charge in [-0.05, 0) is 79.7 Å². The SMILES string of the molecule is CCC(CNc1ccc(NC(=O)c2ccc(-c3cccc(CF)c3)cc2)cc1)N(C)C. The Labute approximate surface area is 184 Å². The van der Waals surface area contributed by atoms with E-state index in [1.807, 2.05) is 54.6 Å². The number of likely N-dealkylation sites (N-methyl/N-ethyl adjacent to an activating group) is 1. The third-order valence-corrected chi connectivity index (χ3v) is 5.45. The number of nitrogens with one attached hydrogen (secondary N) is 2. The van der Waals surface area contributed by atoms with E-state index in [4.69, 9.17) is 0 Å². The van der Waals surface area contributed by atoms with Gasteiger partial charge in [-0.1, -0.05) is 37.3 Å². The number of amides is 1. The van der Waals surface area contributed by atoms with Gasteiger partial charge in [0, 0.05) is 29.5 Å². The van der Waals surface area contributed by atoms with Crippen LogP contribution in [0.25, 0.3) is 11.1 Å². The topological polar surface area (TPSA) is 44.4 Å². The first-order valence-electron chi connectivity index (χ1n) is 10.6. The summed E-state index contributed by atoms with van der Waals surface area (Å²) in [5.41, 5.74) is 4.87. The molecular formula is C26H30FN3O. The number of nitrogens with zero attached hydrogens (tertiary/aromatic N) is 1. The number of hydrogen-bond donors (Lipinski definition) is 2. The van der Waals surface area contributed by atoms with Crippen molar-refractivity contribution in [2.45, 2.75) is 26.1 Å². The van der Waals surface area contributed by atoms with E-state index in [0.29, 0.717) is 17.2 Å². The van der Waals surface area contributed by atoms with Gasteiger partial charge in [0.15, 0.2) is 0 Å². The number of carbonyl (C=O) groups excluding carboxylic acids is 1. The maximum absolute atomic E-state index is 12.9. The number of hydrogen-bond acceptors (Lipinski definition) is 3. The molecule has 1 amide bonds. The van der Waals surface area contributed by atoms with Crippen LogP contribution in [0, 0.1) is 0 Å². The zero-order chi connectivity index (χ0) is 22.2. The molecule has 0 spiro atoms. The van der Waals surface area contributed by atoms with E-state index in [1.165, 1.54) is 0 Å². The summed E-state index contributed by atoms with van der Waals surface area (Å²) in [6.45, 7) is 2.56. The molecule has 0 radical (unpaired) electrons. The Kier molecular flexibility index (Phi) is 7.79. The van der Waals surface area contributed by atoms with Gasteiger partial charge in [0.05, 0.1) is 0 Å². The maximum atomic E-state index is 12.9. The number of rotatable bonds is 9. The van der Waals surface area contributed by atoms with E-state index >= 15 is 0 Å². The van der Waals surface area contributed by atoms with Crippen molar-refractivity contribution in [3.05, 3.63) is 83.9 Å². The van der Waals surface area contributed by atoms with Gasteiger partial charge in [0.1, 0.15) is 6.67 Å². The molecule has 2 N–H and O–H groups in total. The Bertz CT molecular complexity index is 984. The van der Waals surface area contributed by atoms with Crippen LogP contribution < -0.4 is 10.6 Å². The van der Waals surface area contributed by atoms with Crippen LogP contribution in [0.3, 0.4) is 0 Å². The Morgan fingerprint density at radius 2 is 1.61 bits per heavy atom. The zero-order valence-corrected chi connectivity index (χ0v) is 18.4. The van der Waals surface area contributed by atoms with Crippen LogP contribution in [-0.2, 0) is 6.67 Å². The molecule has 3 aromatic rings. The standard InChI is InChI=1S/C26H30FN3O/c1-4-25(30(2)3)18-28-23-12-14-24(15-13-23)29-26(31)21-10-8-20(9-11-21)22-7-5-6-19(16-22)17-27/h5-16,25,28H,4,17-18H2,1-3H3,(H,29,31). The van der Waals surface area contributed by atoms with Crippen LogP contribution in [0.1, 0.15) is 29.3 Å². The lowest BCUT2D eigenvalue weighted by atomic mass is 10.0. The summed E-state index contributed by atoms with van der Waals surface area (Å²) in [7, 11) is 4.17. The molecule has 0 heterocycles. The normalized spacial score (nSPS) is 11.9. The number of anilines is 2. The minimum absolute atomic E-state index is 0.163. The predicted molar refractivity (Wildman–Crippen MR) is 127 cm³/mol. The molecule has 3 aromatic carbocycles. The molecule has 0 bridgehead atoms. The third-order valence-electron chi connectivity index (χ3n) is 5.45. The molecule has 0 saturated heterocycles. The van der Waals surface area contributed by atoms with Gasteiger partial charge >= 0.3 is 0 Å². The summed E-state index contributed by atoms with van der Waals surface area (Å²) in [5, 5.41) is 6.37. The molecule has 5 heteroatoms. The molecule has 0 aliphatic carbocycles.